The van der Waals surface area contributed by atoms with Gasteiger partial charge in [0.15, 0.2) is 0 Å². The number of halogens is 1. The Kier molecular flexibility index (Phi) is 6.36. The molecule has 1 fully saturated rings. The van der Waals surface area contributed by atoms with Crippen molar-refractivity contribution < 1.29 is 23.1 Å². The molecule has 1 aliphatic heterocycles. The van der Waals surface area contributed by atoms with Crippen molar-refractivity contribution in [1.29, 1.82) is 0 Å². The molecule has 9 heteroatoms. The van der Waals surface area contributed by atoms with E-state index in [2.05, 4.69) is 20.7 Å². The van der Waals surface area contributed by atoms with Crippen LogP contribution in [-0.4, -0.2) is 49.9 Å². The molecule has 0 saturated carbocycles. The van der Waals surface area contributed by atoms with Gasteiger partial charge in [0.1, 0.15) is 0 Å². The monoisotopic (exact) mass is 418 g/mol. The van der Waals surface area contributed by atoms with Crippen molar-refractivity contribution in [3.8, 4) is 0 Å². The van der Waals surface area contributed by atoms with Crippen LogP contribution in [0.25, 0.3) is 0 Å². The Labute approximate surface area is 149 Å². The summed E-state index contributed by atoms with van der Waals surface area (Å²) < 4.78 is 27.4. The molecule has 7 nitrogen and oxygen atoms in total. The van der Waals surface area contributed by atoms with Crippen molar-refractivity contribution in [2.24, 2.45) is 5.92 Å². The van der Waals surface area contributed by atoms with Crippen molar-refractivity contribution in [1.82, 2.24) is 9.62 Å². The van der Waals surface area contributed by atoms with Crippen molar-refractivity contribution in [3.63, 3.8) is 0 Å². The van der Waals surface area contributed by atoms with Crippen molar-refractivity contribution in [2.45, 2.75) is 24.2 Å². The fourth-order valence-electron chi connectivity index (χ4n) is 2.55. The highest BCUT2D eigenvalue weighted by Crippen LogP contribution is 2.17. The third-order valence-electron chi connectivity index (χ3n) is 3.88. The number of carboxylic acid groups (broad SMARTS) is 1. The van der Waals surface area contributed by atoms with Gasteiger partial charge < -0.3 is 10.0 Å². The van der Waals surface area contributed by atoms with Crippen LogP contribution in [0.3, 0.4) is 0 Å². The van der Waals surface area contributed by atoms with Crippen LogP contribution in [0.4, 0.5) is 0 Å². The summed E-state index contributed by atoms with van der Waals surface area (Å²) in [5.41, 5.74) is 0. The molecule has 2 N–H and O–H groups in total. The molecule has 0 unspecified atom stereocenters. The minimum atomic E-state index is -3.66. The third kappa shape index (κ3) is 5.02. The summed E-state index contributed by atoms with van der Waals surface area (Å²) in [4.78, 5) is 24.8. The smallest absolute Gasteiger partial charge is 0.308 e. The highest BCUT2D eigenvalue weighted by molar-refractivity contribution is 9.10. The summed E-state index contributed by atoms with van der Waals surface area (Å²) >= 11 is 3.24. The summed E-state index contributed by atoms with van der Waals surface area (Å²) in [6, 6.07) is 6.19. The van der Waals surface area contributed by atoms with Crippen LogP contribution in [0.5, 0.6) is 0 Å². The standard InChI is InChI=1S/C15H19BrN2O5S/c16-12-3-5-13(6-4-12)24(22,23)17-8-7-14(19)18-9-1-2-11(10-18)15(20)21/h3-6,11,17H,1-2,7-10H2,(H,20,21)/t11-/m1/s1. The number of aliphatic carboxylic acids is 1. The molecule has 0 bridgehead atoms. The van der Waals surface area contributed by atoms with E-state index in [-0.39, 0.29) is 30.3 Å². The van der Waals surface area contributed by atoms with Gasteiger partial charge in [-0.1, -0.05) is 15.9 Å². The number of nitrogens with one attached hydrogen (secondary N) is 1. The third-order valence-corrected chi connectivity index (χ3v) is 5.88. The van der Waals surface area contributed by atoms with Gasteiger partial charge in [-0.3, -0.25) is 9.59 Å². The minimum absolute atomic E-state index is 0.00208. The van der Waals surface area contributed by atoms with Gasteiger partial charge >= 0.3 is 5.97 Å². The Morgan fingerprint density at radius 1 is 1.29 bits per heavy atom. The van der Waals surface area contributed by atoms with E-state index in [9.17, 15) is 18.0 Å². The molecular formula is C15H19BrN2O5S. The van der Waals surface area contributed by atoms with E-state index in [1.165, 1.54) is 17.0 Å². The molecule has 1 saturated heterocycles. The number of rotatable bonds is 6. The first-order chi connectivity index (χ1) is 11.3. The fraction of sp³-hybridized carbons (Fsp3) is 0.467. The lowest BCUT2D eigenvalue weighted by Crippen LogP contribution is -2.43. The maximum atomic E-state index is 12.1. The quantitative estimate of drug-likeness (QED) is 0.727. The van der Waals surface area contributed by atoms with Crippen molar-refractivity contribution in [2.75, 3.05) is 19.6 Å². The van der Waals surface area contributed by atoms with E-state index in [0.717, 1.165) is 4.47 Å². The van der Waals surface area contributed by atoms with Crippen LogP contribution < -0.4 is 4.72 Å². The second kappa shape index (κ2) is 8.09. The van der Waals surface area contributed by atoms with Crippen LogP contribution in [-0.2, 0) is 19.6 Å². The topological polar surface area (TPSA) is 104 Å². The maximum Gasteiger partial charge on any atom is 0.308 e. The number of carbonyl (C=O) groups is 2. The van der Waals surface area contributed by atoms with Gasteiger partial charge in [-0.25, -0.2) is 13.1 Å². The second-order valence-corrected chi connectivity index (χ2v) is 8.30. The van der Waals surface area contributed by atoms with Crippen molar-refractivity contribution in [3.05, 3.63) is 28.7 Å². The molecule has 0 radical (unpaired) electrons. The van der Waals surface area contributed by atoms with Gasteiger partial charge in [-0.2, -0.15) is 0 Å². The first kappa shape index (κ1) is 18.9. The van der Waals surface area contributed by atoms with Crippen molar-refractivity contribution >= 4 is 37.8 Å². The predicted molar refractivity (Wildman–Crippen MR) is 90.9 cm³/mol. The maximum absolute atomic E-state index is 12.1. The predicted octanol–water partition coefficient (Wildman–Crippen LogP) is 1.44. The zero-order valence-electron chi connectivity index (χ0n) is 12.9. The van der Waals surface area contributed by atoms with Crippen LogP contribution in [0.1, 0.15) is 19.3 Å². The zero-order valence-corrected chi connectivity index (χ0v) is 15.3. The van der Waals surface area contributed by atoms with E-state index >= 15 is 0 Å². The van der Waals surface area contributed by atoms with E-state index in [0.29, 0.717) is 19.4 Å². The number of nitrogens with zero attached hydrogens (tertiary/aromatic N) is 1. The molecule has 0 aromatic heterocycles. The summed E-state index contributed by atoms with van der Waals surface area (Å²) in [5.74, 6) is -1.68. The van der Waals surface area contributed by atoms with E-state index in [4.69, 9.17) is 5.11 Å². The number of carbonyl (C=O) groups excluding carboxylic acids is 1. The van der Waals surface area contributed by atoms with E-state index in [1.54, 1.807) is 12.1 Å². The Morgan fingerprint density at radius 3 is 2.58 bits per heavy atom. The molecule has 1 heterocycles. The molecule has 2 rings (SSSR count). The van der Waals surface area contributed by atoms with Gasteiger partial charge in [0.05, 0.1) is 10.8 Å². The van der Waals surface area contributed by atoms with Gasteiger partial charge in [0, 0.05) is 30.5 Å². The molecule has 1 aliphatic rings. The van der Waals surface area contributed by atoms with E-state index < -0.39 is 21.9 Å². The lowest BCUT2D eigenvalue weighted by atomic mass is 9.98. The average molecular weight is 419 g/mol. The number of carboxylic acids is 1. The first-order valence-electron chi connectivity index (χ1n) is 7.55. The Bertz CT molecular complexity index is 705. The second-order valence-electron chi connectivity index (χ2n) is 5.62. The highest BCUT2D eigenvalue weighted by atomic mass is 79.9. The molecule has 0 aliphatic carbocycles. The summed E-state index contributed by atoms with van der Waals surface area (Å²) in [6.07, 6.45) is 1.21. The molecule has 1 amide bonds. The summed E-state index contributed by atoms with van der Waals surface area (Å²) in [6.45, 7) is 0.682. The molecule has 24 heavy (non-hydrogen) atoms. The molecule has 1 atom stereocenters. The number of hydrogen-bond donors (Lipinski definition) is 2. The van der Waals surface area contributed by atoms with Crippen LogP contribution >= 0.6 is 15.9 Å². The molecule has 132 valence electrons. The Balaban J connectivity index is 1.85. The van der Waals surface area contributed by atoms with Crippen LogP contribution in [0.15, 0.2) is 33.6 Å². The number of benzene rings is 1. The van der Waals surface area contributed by atoms with Gasteiger partial charge in [0.25, 0.3) is 0 Å². The number of sulfonamides is 1. The van der Waals surface area contributed by atoms with E-state index in [1.807, 2.05) is 0 Å². The zero-order chi connectivity index (χ0) is 17.7. The summed E-state index contributed by atoms with van der Waals surface area (Å²) in [5, 5.41) is 9.03. The number of piperidine rings is 1. The number of likely N-dealkylation sites (tertiary alicyclic amines) is 1. The van der Waals surface area contributed by atoms with Gasteiger partial charge in [-0.15, -0.1) is 0 Å². The molecule has 0 spiro atoms. The number of amides is 1. The van der Waals surface area contributed by atoms with Crippen LogP contribution in [0.2, 0.25) is 0 Å². The SMILES string of the molecule is O=C(O)[C@@H]1CCCN(C(=O)CCNS(=O)(=O)c2ccc(Br)cc2)C1. The molecule has 1 aromatic carbocycles. The fourth-order valence-corrected chi connectivity index (χ4v) is 3.85. The molecule has 1 aromatic rings. The van der Waals surface area contributed by atoms with Gasteiger partial charge in [0.2, 0.25) is 15.9 Å². The van der Waals surface area contributed by atoms with Gasteiger partial charge in [-0.05, 0) is 37.1 Å². The lowest BCUT2D eigenvalue weighted by Gasteiger charge is -2.30. The first-order valence-corrected chi connectivity index (χ1v) is 9.83. The lowest BCUT2D eigenvalue weighted by molar-refractivity contribution is -0.145. The number of hydrogen-bond acceptors (Lipinski definition) is 4. The molecular weight excluding hydrogens is 400 g/mol. The van der Waals surface area contributed by atoms with Crippen LogP contribution in [0, 0.1) is 5.92 Å². The summed E-state index contributed by atoms with van der Waals surface area (Å²) in [7, 11) is -3.66. The largest absolute Gasteiger partial charge is 0.481 e. The minimum Gasteiger partial charge on any atom is -0.481 e. The average Bonchev–Trinajstić information content (AvgIpc) is 2.55. The Morgan fingerprint density at radius 2 is 1.96 bits per heavy atom. The Hall–Kier alpha value is -1.45. The normalized spacial score (nSPS) is 18.4. The highest BCUT2D eigenvalue weighted by Gasteiger charge is 2.28.